The van der Waals surface area contributed by atoms with Crippen LogP contribution in [0.1, 0.15) is 33.3 Å². The maximum absolute atomic E-state index is 12.5. The Labute approximate surface area is 140 Å². The van der Waals surface area contributed by atoms with Gasteiger partial charge in [0.15, 0.2) is 5.78 Å². The smallest absolute Gasteiger partial charge is 0.405 e. The molecule has 0 atom stereocenters. The summed E-state index contributed by atoms with van der Waals surface area (Å²) in [7, 11) is 0. The normalized spacial score (nSPS) is 21.7. The van der Waals surface area contributed by atoms with Crippen molar-refractivity contribution in [2.24, 2.45) is 0 Å². The van der Waals surface area contributed by atoms with Crippen LogP contribution in [0.3, 0.4) is 0 Å². The third-order valence-electron chi connectivity index (χ3n) is 3.45. The van der Waals surface area contributed by atoms with Crippen LogP contribution in [0.5, 0.6) is 5.75 Å². The van der Waals surface area contributed by atoms with Crippen molar-refractivity contribution in [2.75, 3.05) is 0 Å². The Hall–Kier alpha value is -1.34. The molecule has 7 heteroatoms. The van der Waals surface area contributed by atoms with Gasteiger partial charge in [0.2, 0.25) is 0 Å². The van der Waals surface area contributed by atoms with Gasteiger partial charge in [-0.2, -0.15) is 0 Å². The first-order valence-electron chi connectivity index (χ1n) is 6.84. The van der Waals surface area contributed by atoms with Crippen molar-refractivity contribution in [3.63, 3.8) is 0 Å². The molecule has 2 rings (SSSR count). The highest BCUT2D eigenvalue weighted by molar-refractivity contribution is 9.10. The number of ketones is 1. The Bertz CT molecular complexity index is 676. The largest absolute Gasteiger partial charge is 0.573 e. The fourth-order valence-electron chi connectivity index (χ4n) is 2.58. The summed E-state index contributed by atoms with van der Waals surface area (Å²) in [6, 6.07) is 4.09. The van der Waals surface area contributed by atoms with Crippen LogP contribution in [-0.4, -0.2) is 23.3 Å². The SMILES string of the molecule is CC1(C)OC(C)(C)/C(=C\c2cc(Br)ccc2OC(F)(F)F)C1=O. The zero-order chi connectivity index (χ0) is 17.6. The van der Waals surface area contributed by atoms with E-state index in [1.54, 1.807) is 27.7 Å². The zero-order valence-electron chi connectivity index (χ0n) is 13.0. The van der Waals surface area contributed by atoms with Crippen LogP contribution in [0, 0.1) is 0 Å². The van der Waals surface area contributed by atoms with Gasteiger partial charge in [-0.1, -0.05) is 15.9 Å². The summed E-state index contributed by atoms with van der Waals surface area (Å²) in [6.45, 7) is 6.67. The van der Waals surface area contributed by atoms with E-state index in [1.165, 1.54) is 24.3 Å². The average Bonchev–Trinajstić information content (AvgIpc) is 2.49. The summed E-state index contributed by atoms with van der Waals surface area (Å²) >= 11 is 3.21. The molecule has 0 aromatic heterocycles. The van der Waals surface area contributed by atoms with Gasteiger partial charge in [0.25, 0.3) is 0 Å². The lowest BCUT2D eigenvalue weighted by Gasteiger charge is -2.22. The number of Topliss-reactive ketones (excluding diaryl/α,β-unsaturated/α-hetero) is 1. The van der Waals surface area contributed by atoms with E-state index < -0.39 is 17.6 Å². The maximum Gasteiger partial charge on any atom is 0.573 e. The van der Waals surface area contributed by atoms with Gasteiger partial charge in [-0.3, -0.25) is 4.79 Å². The summed E-state index contributed by atoms with van der Waals surface area (Å²) in [4.78, 5) is 12.5. The zero-order valence-corrected chi connectivity index (χ0v) is 14.6. The molecule has 0 radical (unpaired) electrons. The van der Waals surface area contributed by atoms with Gasteiger partial charge in [-0.15, -0.1) is 13.2 Å². The molecule has 1 fully saturated rings. The van der Waals surface area contributed by atoms with Crippen LogP contribution in [-0.2, 0) is 9.53 Å². The minimum Gasteiger partial charge on any atom is -0.405 e. The molecule has 0 N–H and O–H groups in total. The first-order chi connectivity index (χ1) is 10.3. The summed E-state index contributed by atoms with van der Waals surface area (Å²) < 4.78 is 47.9. The minimum atomic E-state index is -4.81. The number of hydrogen-bond donors (Lipinski definition) is 0. The van der Waals surface area contributed by atoms with Crippen molar-refractivity contribution in [3.05, 3.63) is 33.8 Å². The van der Waals surface area contributed by atoms with Crippen molar-refractivity contribution in [1.82, 2.24) is 0 Å². The van der Waals surface area contributed by atoms with E-state index >= 15 is 0 Å². The Kier molecular flexibility index (Phi) is 4.41. The molecule has 0 saturated carbocycles. The van der Waals surface area contributed by atoms with Gasteiger partial charge < -0.3 is 9.47 Å². The van der Waals surface area contributed by atoms with E-state index in [0.717, 1.165) is 0 Å². The van der Waals surface area contributed by atoms with Gasteiger partial charge in [0.05, 0.1) is 5.60 Å². The highest BCUT2D eigenvalue weighted by atomic mass is 79.9. The number of alkyl halides is 3. The molecule has 1 saturated heterocycles. The summed E-state index contributed by atoms with van der Waals surface area (Å²) in [5, 5.41) is 0. The second-order valence-corrected chi connectivity index (χ2v) is 7.16. The van der Waals surface area contributed by atoms with Gasteiger partial charge in [0, 0.05) is 15.6 Å². The van der Waals surface area contributed by atoms with Crippen molar-refractivity contribution in [2.45, 2.75) is 45.3 Å². The molecule has 1 heterocycles. The van der Waals surface area contributed by atoms with Gasteiger partial charge in [-0.05, 0) is 52.0 Å². The predicted molar refractivity (Wildman–Crippen MR) is 83.1 cm³/mol. The maximum atomic E-state index is 12.5. The van der Waals surface area contributed by atoms with Crippen LogP contribution in [0.25, 0.3) is 6.08 Å². The molecule has 1 aromatic carbocycles. The van der Waals surface area contributed by atoms with Crippen LogP contribution >= 0.6 is 15.9 Å². The van der Waals surface area contributed by atoms with Gasteiger partial charge in [0.1, 0.15) is 11.4 Å². The standard InChI is InChI=1S/C16H16BrF3O3/c1-14(2)11(13(21)15(3,4)23-14)8-9-7-10(17)5-6-12(9)22-16(18,19)20/h5-8H,1-4H3/b11-8-. The van der Waals surface area contributed by atoms with E-state index in [1.807, 2.05) is 0 Å². The van der Waals surface area contributed by atoms with E-state index in [0.29, 0.717) is 10.0 Å². The molecular formula is C16H16BrF3O3. The van der Waals surface area contributed by atoms with Gasteiger partial charge >= 0.3 is 6.36 Å². The number of halogens is 4. The third kappa shape index (κ3) is 3.95. The lowest BCUT2D eigenvalue weighted by atomic mass is 9.90. The number of hydrogen-bond acceptors (Lipinski definition) is 3. The number of rotatable bonds is 2. The first-order valence-corrected chi connectivity index (χ1v) is 7.63. The van der Waals surface area contributed by atoms with Crippen LogP contribution in [0.4, 0.5) is 13.2 Å². The second kappa shape index (κ2) is 5.63. The van der Waals surface area contributed by atoms with Crippen LogP contribution in [0.2, 0.25) is 0 Å². The number of benzene rings is 1. The summed E-state index contributed by atoms with van der Waals surface area (Å²) in [6.07, 6.45) is -3.42. The molecule has 1 aliphatic rings. The van der Waals surface area contributed by atoms with Gasteiger partial charge in [-0.25, -0.2) is 0 Å². The summed E-state index contributed by atoms with van der Waals surface area (Å²) in [5.74, 6) is -0.637. The number of ether oxygens (including phenoxy) is 2. The molecule has 23 heavy (non-hydrogen) atoms. The van der Waals surface area contributed by atoms with Crippen molar-refractivity contribution < 1.29 is 27.4 Å². The molecule has 0 unspecified atom stereocenters. The minimum absolute atomic E-state index is 0.148. The fraction of sp³-hybridized carbons (Fsp3) is 0.438. The quantitative estimate of drug-likeness (QED) is 0.672. The Balaban J connectivity index is 2.54. The third-order valence-corrected chi connectivity index (χ3v) is 3.94. The lowest BCUT2D eigenvalue weighted by Crippen LogP contribution is -2.29. The molecule has 0 aliphatic carbocycles. The Morgan fingerprint density at radius 2 is 1.78 bits per heavy atom. The van der Waals surface area contributed by atoms with E-state index in [4.69, 9.17) is 4.74 Å². The first kappa shape index (κ1) is 18.0. The molecular weight excluding hydrogens is 377 g/mol. The van der Waals surface area contributed by atoms with E-state index in [9.17, 15) is 18.0 Å². The van der Waals surface area contributed by atoms with Crippen molar-refractivity contribution in [1.29, 1.82) is 0 Å². The highest BCUT2D eigenvalue weighted by Gasteiger charge is 2.49. The molecule has 3 nitrogen and oxygen atoms in total. The fourth-order valence-corrected chi connectivity index (χ4v) is 2.96. The molecule has 0 amide bonds. The molecule has 0 bridgehead atoms. The van der Waals surface area contributed by atoms with Crippen LogP contribution in [0.15, 0.2) is 28.2 Å². The molecule has 0 spiro atoms. The number of carbonyl (C=O) groups is 1. The van der Waals surface area contributed by atoms with Crippen molar-refractivity contribution >= 4 is 27.8 Å². The molecule has 126 valence electrons. The predicted octanol–water partition coefficient (Wildman–Crippen LogP) is 4.89. The lowest BCUT2D eigenvalue weighted by molar-refractivity contribution is -0.274. The average molecular weight is 393 g/mol. The second-order valence-electron chi connectivity index (χ2n) is 6.24. The highest BCUT2D eigenvalue weighted by Crippen LogP contribution is 2.41. The van der Waals surface area contributed by atoms with Crippen molar-refractivity contribution in [3.8, 4) is 5.75 Å². The summed E-state index contributed by atoms with van der Waals surface area (Å²) in [5.41, 5.74) is -1.48. The Morgan fingerprint density at radius 3 is 2.26 bits per heavy atom. The Morgan fingerprint density at radius 1 is 1.17 bits per heavy atom. The monoisotopic (exact) mass is 392 g/mol. The van der Waals surface area contributed by atoms with Crippen LogP contribution < -0.4 is 4.74 Å². The number of carbonyl (C=O) groups excluding carboxylic acids is 1. The van der Waals surface area contributed by atoms with E-state index in [2.05, 4.69) is 20.7 Å². The topological polar surface area (TPSA) is 35.5 Å². The molecule has 1 aliphatic heterocycles. The molecule has 1 aromatic rings. The van der Waals surface area contributed by atoms with E-state index in [-0.39, 0.29) is 17.1 Å².